The average molecular weight is 333 g/mol. The van der Waals surface area contributed by atoms with Crippen LogP contribution in [0.5, 0.6) is 11.5 Å². The van der Waals surface area contributed by atoms with Gasteiger partial charge in [0.15, 0.2) is 0 Å². The standard InChI is InChI=1S/C15H13BrN2O2/c1-17-14-10-7-11(16)13(8-12(10)18-15(14)19)20-9-5-3-2-4-6-9/h2-8,14,17H,1H3,(H,18,19). The molecule has 1 aliphatic rings. The molecule has 0 aromatic heterocycles. The fourth-order valence-electron chi connectivity index (χ4n) is 2.24. The van der Waals surface area contributed by atoms with Gasteiger partial charge in [0.05, 0.1) is 4.47 Å². The number of amides is 1. The summed E-state index contributed by atoms with van der Waals surface area (Å²) >= 11 is 3.49. The number of rotatable bonds is 3. The third-order valence-electron chi connectivity index (χ3n) is 3.19. The van der Waals surface area contributed by atoms with Crippen LogP contribution in [0.25, 0.3) is 0 Å². The summed E-state index contributed by atoms with van der Waals surface area (Å²) < 4.78 is 6.64. The van der Waals surface area contributed by atoms with E-state index in [-0.39, 0.29) is 11.9 Å². The van der Waals surface area contributed by atoms with Crippen molar-refractivity contribution in [3.8, 4) is 11.5 Å². The molecule has 20 heavy (non-hydrogen) atoms. The van der Waals surface area contributed by atoms with Crippen LogP contribution in [0.15, 0.2) is 46.9 Å². The molecule has 0 radical (unpaired) electrons. The Morgan fingerprint density at radius 2 is 2.00 bits per heavy atom. The number of para-hydroxylation sites is 1. The highest BCUT2D eigenvalue weighted by Crippen LogP contribution is 2.40. The second-order valence-corrected chi connectivity index (χ2v) is 5.35. The minimum atomic E-state index is -0.313. The van der Waals surface area contributed by atoms with E-state index in [4.69, 9.17) is 4.74 Å². The Kier molecular flexibility index (Phi) is 3.46. The van der Waals surface area contributed by atoms with Crippen LogP contribution in [0.3, 0.4) is 0 Å². The Balaban J connectivity index is 1.96. The van der Waals surface area contributed by atoms with Gasteiger partial charge in [0, 0.05) is 17.3 Å². The van der Waals surface area contributed by atoms with Gasteiger partial charge in [0.2, 0.25) is 5.91 Å². The monoisotopic (exact) mass is 332 g/mol. The van der Waals surface area contributed by atoms with Gasteiger partial charge < -0.3 is 15.4 Å². The van der Waals surface area contributed by atoms with Crippen LogP contribution in [-0.2, 0) is 4.79 Å². The molecule has 2 N–H and O–H groups in total. The zero-order valence-corrected chi connectivity index (χ0v) is 12.4. The molecule has 5 heteroatoms. The van der Waals surface area contributed by atoms with Gasteiger partial charge >= 0.3 is 0 Å². The highest BCUT2D eigenvalue weighted by molar-refractivity contribution is 9.10. The third-order valence-corrected chi connectivity index (χ3v) is 3.81. The second-order valence-electron chi connectivity index (χ2n) is 4.50. The first kappa shape index (κ1) is 13.1. The minimum Gasteiger partial charge on any atom is -0.456 e. The molecule has 1 aliphatic heterocycles. The molecule has 2 aromatic rings. The van der Waals surface area contributed by atoms with Gasteiger partial charge in [0.1, 0.15) is 17.5 Å². The Labute approximate surface area is 125 Å². The summed E-state index contributed by atoms with van der Waals surface area (Å²) in [5.41, 5.74) is 1.70. The van der Waals surface area contributed by atoms with Crippen molar-refractivity contribution in [2.75, 3.05) is 12.4 Å². The van der Waals surface area contributed by atoms with Crippen LogP contribution in [0.4, 0.5) is 5.69 Å². The molecule has 2 aromatic carbocycles. The normalized spacial score (nSPS) is 16.7. The number of likely N-dealkylation sites (N-methyl/N-ethyl adjacent to an activating group) is 1. The average Bonchev–Trinajstić information content (AvgIpc) is 2.75. The van der Waals surface area contributed by atoms with E-state index in [1.807, 2.05) is 42.5 Å². The first-order valence-corrected chi connectivity index (χ1v) is 7.03. The molecule has 1 unspecified atom stereocenters. The van der Waals surface area contributed by atoms with Gasteiger partial charge in [-0.3, -0.25) is 4.79 Å². The number of carbonyl (C=O) groups excluding carboxylic acids is 1. The minimum absolute atomic E-state index is 0.0498. The van der Waals surface area contributed by atoms with Crippen molar-refractivity contribution >= 4 is 27.5 Å². The first-order valence-electron chi connectivity index (χ1n) is 6.23. The van der Waals surface area contributed by atoms with Gasteiger partial charge in [-0.2, -0.15) is 0 Å². The van der Waals surface area contributed by atoms with Crippen LogP contribution < -0.4 is 15.4 Å². The van der Waals surface area contributed by atoms with Crippen molar-refractivity contribution in [3.05, 3.63) is 52.5 Å². The molecular weight excluding hydrogens is 320 g/mol. The number of halogens is 1. The summed E-state index contributed by atoms with van der Waals surface area (Å²) in [4.78, 5) is 11.8. The number of anilines is 1. The lowest BCUT2D eigenvalue weighted by Gasteiger charge is -2.11. The van der Waals surface area contributed by atoms with Crippen molar-refractivity contribution in [1.29, 1.82) is 0 Å². The number of fused-ring (bicyclic) bond motifs is 1. The predicted molar refractivity (Wildman–Crippen MR) is 81.1 cm³/mol. The van der Waals surface area contributed by atoms with E-state index in [1.165, 1.54) is 0 Å². The number of hydrogen-bond acceptors (Lipinski definition) is 3. The Bertz CT molecular complexity index is 658. The first-order chi connectivity index (χ1) is 9.69. The quantitative estimate of drug-likeness (QED) is 0.905. The number of nitrogens with one attached hydrogen (secondary N) is 2. The summed E-state index contributed by atoms with van der Waals surface area (Å²) in [5.74, 6) is 1.38. The fraction of sp³-hybridized carbons (Fsp3) is 0.133. The van der Waals surface area contributed by atoms with Crippen molar-refractivity contribution in [1.82, 2.24) is 5.32 Å². The van der Waals surface area contributed by atoms with E-state index in [2.05, 4.69) is 26.6 Å². The van der Waals surface area contributed by atoms with Crippen LogP contribution in [0.1, 0.15) is 11.6 Å². The van der Waals surface area contributed by atoms with Gasteiger partial charge in [-0.05, 0) is 41.2 Å². The van der Waals surface area contributed by atoms with Gasteiger partial charge in [-0.25, -0.2) is 0 Å². The number of hydrogen-bond donors (Lipinski definition) is 2. The topological polar surface area (TPSA) is 50.4 Å². The molecule has 1 amide bonds. The summed E-state index contributed by atoms with van der Waals surface area (Å²) in [6, 6.07) is 13.0. The zero-order valence-electron chi connectivity index (χ0n) is 10.8. The van der Waals surface area contributed by atoms with E-state index in [9.17, 15) is 4.79 Å². The molecule has 1 atom stereocenters. The van der Waals surface area contributed by atoms with E-state index < -0.39 is 0 Å². The zero-order chi connectivity index (χ0) is 14.1. The van der Waals surface area contributed by atoms with Crippen LogP contribution in [0, 0.1) is 0 Å². The fourth-order valence-corrected chi connectivity index (χ4v) is 2.68. The maximum Gasteiger partial charge on any atom is 0.246 e. The van der Waals surface area contributed by atoms with Crippen molar-refractivity contribution in [2.24, 2.45) is 0 Å². The largest absolute Gasteiger partial charge is 0.456 e. The van der Waals surface area contributed by atoms with E-state index in [0.29, 0.717) is 5.75 Å². The molecule has 4 nitrogen and oxygen atoms in total. The van der Waals surface area contributed by atoms with E-state index >= 15 is 0 Å². The van der Waals surface area contributed by atoms with Crippen molar-refractivity contribution in [3.63, 3.8) is 0 Å². The highest BCUT2D eigenvalue weighted by atomic mass is 79.9. The lowest BCUT2D eigenvalue weighted by atomic mass is 10.1. The van der Waals surface area contributed by atoms with Gasteiger partial charge in [-0.15, -0.1) is 0 Å². The number of carbonyl (C=O) groups is 1. The van der Waals surface area contributed by atoms with Crippen LogP contribution in [0.2, 0.25) is 0 Å². The number of benzene rings is 2. The van der Waals surface area contributed by atoms with Crippen LogP contribution in [-0.4, -0.2) is 13.0 Å². The molecule has 102 valence electrons. The van der Waals surface area contributed by atoms with Crippen LogP contribution >= 0.6 is 15.9 Å². The van der Waals surface area contributed by atoms with Crippen molar-refractivity contribution < 1.29 is 9.53 Å². The maximum absolute atomic E-state index is 11.8. The second kappa shape index (κ2) is 5.26. The van der Waals surface area contributed by atoms with E-state index in [0.717, 1.165) is 21.5 Å². The molecular formula is C15H13BrN2O2. The van der Waals surface area contributed by atoms with Crippen molar-refractivity contribution in [2.45, 2.75) is 6.04 Å². The number of ether oxygens (including phenoxy) is 1. The lowest BCUT2D eigenvalue weighted by Crippen LogP contribution is -2.23. The van der Waals surface area contributed by atoms with Gasteiger partial charge in [-0.1, -0.05) is 18.2 Å². The summed E-state index contributed by atoms with van der Waals surface area (Å²) in [6.45, 7) is 0. The molecule has 0 aliphatic carbocycles. The molecule has 0 fully saturated rings. The Hall–Kier alpha value is -1.85. The molecule has 1 heterocycles. The Morgan fingerprint density at radius 1 is 1.25 bits per heavy atom. The molecule has 0 spiro atoms. The molecule has 3 rings (SSSR count). The predicted octanol–water partition coefficient (Wildman–Crippen LogP) is 3.45. The van der Waals surface area contributed by atoms with E-state index in [1.54, 1.807) is 7.05 Å². The smallest absolute Gasteiger partial charge is 0.246 e. The van der Waals surface area contributed by atoms with Gasteiger partial charge in [0.25, 0.3) is 0 Å². The summed E-state index contributed by atoms with van der Waals surface area (Å²) in [6.07, 6.45) is 0. The maximum atomic E-state index is 11.8. The molecule has 0 saturated carbocycles. The summed E-state index contributed by atoms with van der Waals surface area (Å²) in [7, 11) is 1.77. The highest BCUT2D eigenvalue weighted by Gasteiger charge is 2.30. The Morgan fingerprint density at radius 3 is 2.70 bits per heavy atom. The molecule has 0 saturated heterocycles. The molecule has 0 bridgehead atoms. The SMILES string of the molecule is CNC1C(=O)Nc2cc(Oc3ccccc3)c(Br)cc21. The summed E-state index contributed by atoms with van der Waals surface area (Å²) in [5, 5.41) is 5.84. The third kappa shape index (κ3) is 2.30. The lowest BCUT2D eigenvalue weighted by molar-refractivity contribution is -0.117.